The van der Waals surface area contributed by atoms with E-state index in [1.807, 2.05) is 0 Å². The standard InChI is InChI=1S/C5H6BrN3O/c1-9-3(2-7)4(6)5(8)10/h9H,1H3,(H2,8,10)/b4-3+. The third-order valence-electron chi connectivity index (χ3n) is 0.798. The van der Waals surface area contributed by atoms with Gasteiger partial charge in [0, 0.05) is 7.05 Å². The lowest BCUT2D eigenvalue weighted by Crippen LogP contribution is -2.16. The van der Waals surface area contributed by atoms with Crippen molar-refractivity contribution in [2.45, 2.75) is 0 Å². The van der Waals surface area contributed by atoms with Crippen LogP contribution in [-0.4, -0.2) is 13.0 Å². The Bertz CT molecular complexity index is 215. The van der Waals surface area contributed by atoms with Gasteiger partial charge in [-0.3, -0.25) is 4.79 Å². The van der Waals surface area contributed by atoms with Gasteiger partial charge in [-0.1, -0.05) is 0 Å². The SMILES string of the molecule is CN/C(C#N)=C(/Br)C(N)=O. The molecule has 0 heterocycles. The summed E-state index contributed by atoms with van der Waals surface area (Å²) in [4.78, 5) is 10.4. The minimum Gasteiger partial charge on any atom is -0.379 e. The van der Waals surface area contributed by atoms with Crippen molar-refractivity contribution in [2.75, 3.05) is 7.05 Å². The molecule has 0 fully saturated rings. The van der Waals surface area contributed by atoms with Crippen molar-refractivity contribution in [2.24, 2.45) is 5.73 Å². The van der Waals surface area contributed by atoms with Crippen LogP contribution in [0.25, 0.3) is 0 Å². The van der Waals surface area contributed by atoms with Crippen molar-refractivity contribution >= 4 is 21.8 Å². The number of hydrogen-bond donors (Lipinski definition) is 2. The summed E-state index contributed by atoms with van der Waals surface area (Å²) in [6.45, 7) is 0. The van der Waals surface area contributed by atoms with E-state index in [1.165, 1.54) is 7.05 Å². The molecule has 0 bridgehead atoms. The molecule has 0 atom stereocenters. The molecule has 5 heteroatoms. The van der Waals surface area contributed by atoms with E-state index in [4.69, 9.17) is 11.0 Å². The number of amides is 1. The van der Waals surface area contributed by atoms with Crippen LogP contribution in [0.2, 0.25) is 0 Å². The quantitative estimate of drug-likeness (QED) is 0.483. The second-order valence-corrected chi connectivity index (χ2v) is 2.21. The molecule has 0 aliphatic carbocycles. The van der Waals surface area contributed by atoms with E-state index in [0.29, 0.717) is 0 Å². The average Bonchev–Trinajstić information content (AvgIpc) is 1.90. The van der Waals surface area contributed by atoms with Crippen LogP contribution in [0, 0.1) is 11.3 Å². The topological polar surface area (TPSA) is 78.9 Å². The average molecular weight is 204 g/mol. The maximum Gasteiger partial charge on any atom is 0.258 e. The summed E-state index contributed by atoms with van der Waals surface area (Å²) in [6.07, 6.45) is 0. The van der Waals surface area contributed by atoms with Crippen molar-refractivity contribution < 1.29 is 4.79 Å². The van der Waals surface area contributed by atoms with E-state index in [9.17, 15) is 4.79 Å². The molecule has 54 valence electrons. The van der Waals surface area contributed by atoms with Crippen molar-refractivity contribution in [3.63, 3.8) is 0 Å². The molecule has 10 heavy (non-hydrogen) atoms. The van der Waals surface area contributed by atoms with Gasteiger partial charge in [0.05, 0.1) is 0 Å². The van der Waals surface area contributed by atoms with Crippen LogP contribution in [-0.2, 0) is 4.79 Å². The van der Waals surface area contributed by atoms with E-state index >= 15 is 0 Å². The van der Waals surface area contributed by atoms with E-state index in [0.717, 1.165) is 0 Å². The van der Waals surface area contributed by atoms with Gasteiger partial charge in [-0.25, -0.2) is 0 Å². The Kier molecular flexibility index (Phi) is 3.51. The number of carbonyl (C=O) groups is 1. The lowest BCUT2D eigenvalue weighted by Gasteiger charge is -1.96. The number of nitrogens with zero attached hydrogens (tertiary/aromatic N) is 1. The number of primary amides is 1. The molecule has 0 spiro atoms. The fraction of sp³-hybridized carbons (Fsp3) is 0.200. The van der Waals surface area contributed by atoms with Gasteiger partial charge in [-0.15, -0.1) is 0 Å². The Labute approximate surface area is 66.8 Å². The first kappa shape index (κ1) is 8.98. The molecular weight excluding hydrogens is 198 g/mol. The molecular formula is C5H6BrN3O. The first-order valence-corrected chi connectivity index (χ1v) is 3.20. The lowest BCUT2D eigenvalue weighted by molar-refractivity contribution is -0.113. The molecule has 0 unspecified atom stereocenters. The Hall–Kier alpha value is -1.02. The number of nitrogens with one attached hydrogen (secondary N) is 1. The van der Waals surface area contributed by atoms with Gasteiger partial charge in [0.25, 0.3) is 5.91 Å². The second-order valence-electron chi connectivity index (χ2n) is 1.42. The van der Waals surface area contributed by atoms with Gasteiger partial charge in [0.2, 0.25) is 0 Å². The smallest absolute Gasteiger partial charge is 0.258 e. The Morgan fingerprint density at radius 2 is 2.30 bits per heavy atom. The molecule has 3 N–H and O–H groups in total. The van der Waals surface area contributed by atoms with E-state index in [2.05, 4.69) is 21.2 Å². The highest BCUT2D eigenvalue weighted by Crippen LogP contribution is 2.07. The summed E-state index contributed by atoms with van der Waals surface area (Å²) in [7, 11) is 1.53. The highest BCUT2D eigenvalue weighted by molar-refractivity contribution is 9.12. The maximum absolute atomic E-state index is 10.4. The summed E-state index contributed by atoms with van der Waals surface area (Å²) >= 11 is 2.85. The number of hydrogen-bond acceptors (Lipinski definition) is 3. The Balaban J connectivity index is 4.65. The zero-order valence-corrected chi connectivity index (χ0v) is 6.90. The number of nitriles is 1. The number of rotatable bonds is 2. The zero-order valence-electron chi connectivity index (χ0n) is 5.31. The molecule has 0 aromatic heterocycles. The molecule has 0 saturated carbocycles. The van der Waals surface area contributed by atoms with Crippen LogP contribution in [0.4, 0.5) is 0 Å². The number of nitrogens with two attached hydrogens (primary N) is 1. The third kappa shape index (κ3) is 2.07. The second kappa shape index (κ2) is 3.90. The van der Waals surface area contributed by atoms with E-state index in [-0.39, 0.29) is 10.2 Å². The van der Waals surface area contributed by atoms with Crippen LogP contribution in [0.15, 0.2) is 10.2 Å². The van der Waals surface area contributed by atoms with Crippen LogP contribution < -0.4 is 11.1 Å². The minimum absolute atomic E-state index is 0.0671. The van der Waals surface area contributed by atoms with Gasteiger partial charge >= 0.3 is 0 Å². The molecule has 0 aromatic carbocycles. The molecule has 0 rings (SSSR count). The largest absolute Gasteiger partial charge is 0.379 e. The molecule has 0 radical (unpaired) electrons. The van der Waals surface area contributed by atoms with E-state index in [1.54, 1.807) is 6.07 Å². The van der Waals surface area contributed by atoms with Crippen LogP contribution in [0.3, 0.4) is 0 Å². The molecule has 0 saturated heterocycles. The summed E-state index contributed by atoms with van der Waals surface area (Å²) < 4.78 is 0.0671. The van der Waals surface area contributed by atoms with Crippen molar-refractivity contribution in [3.05, 3.63) is 10.2 Å². The van der Waals surface area contributed by atoms with E-state index < -0.39 is 5.91 Å². The number of halogens is 1. The Morgan fingerprint density at radius 1 is 1.80 bits per heavy atom. The van der Waals surface area contributed by atoms with Gasteiger partial charge in [0.1, 0.15) is 16.2 Å². The summed E-state index contributed by atoms with van der Waals surface area (Å²) in [6, 6.07) is 1.75. The highest BCUT2D eigenvalue weighted by Gasteiger charge is 2.05. The van der Waals surface area contributed by atoms with Crippen molar-refractivity contribution in [3.8, 4) is 6.07 Å². The van der Waals surface area contributed by atoms with Crippen LogP contribution in [0.1, 0.15) is 0 Å². The number of allylic oxidation sites excluding steroid dienone is 1. The molecule has 1 amide bonds. The van der Waals surface area contributed by atoms with Gasteiger partial charge in [-0.2, -0.15) is 5.26 Å². The zero-order chi connectivity index (χ0) is 8.15. The first-order chi connectivity index (χ1) is 4.63. The van der Waals surface area contributed by atoms with Crippen LogP contribution in [0.5, 0.6) is 0 Å². The normalized spacial score (nSPS) is 11.3. The van der Waals surface area contributed by atoms with Gasteiger partial charge in [0.15, 0.2) is 0 Å². The predicted octanol–water partition coefficient (Wildman–Crippen LogP) is -0.179. The molecule has 0 aromatic rings. The predicted molar refractivity (Wildman–Crippen MR) is 39.8 cm³/mol. The monoisotopic (exact) mass is 203 g/mol. The fourth-order valence-corrected chi connectivity index (χ4v) is 0.625. The van der Waals surface area contributed by atoms with Crippen LogP contribution >= 0.6 is 15.9 Å². The van der Waals surface area contributed by atoms with Gasteiger partial charge in [-0.05, 0) is 15.9 Å². The maximum atomic E-state index is 10.4. The minimum atomic E-state index is -0.661. The fourth-order valence-electron chi connectivity index (χ4n) is 0.338. The molecule has 4 nitrogen and oxygen atoms in total. The first-order valence-electron chi connectivity index (χ1n) is 2.41. The number of carbonyl (C=O) groups excluding carboxylic acids is 1. The summed E-state index contributed by atoms with van der Waals surface area (Å²) in [5, 5.41) is 10.8. The van der Waals surface area contributed by atoms with Gasteiger partial charge < -0.3 is 11.1 Å². The lowest BCUT2D eigenvalue weighted by atomic mass is 10.4. The summed E-state index contributed by atoms with van der Waals surface area (Å²) in [5.41, 5.74) is 4.99. The molecule has 0 aliphatic rings. The Morgan fingerprint density at radius 3 is 2.40 bits per heavy atom. The van der Waals surface area contributed by atoms with Crippen molar-refractivity contribution in [1.82, 2.24) is 5.32 Å². The third-order valence-corrected chi connectivity index (χ3v) is 1.58. The van der Waals surface area contributed by atoms with Crippen molar-refractivity contribution in [1.29, 1.82) is 5.26 Å². The highest BCUT2D eigenvalue weighted by atomic mass is 79.9. The summed E-state index contributed by atoms with van der Waals surface area (Å²) in [5.74, 6) is -0.661. The molecule has 0 aliphatic heterocycles.